The summed E-state index contributed by atoms with van der Waals surface area (Å²) in [7, 11) is 0. The quantitative estimate of drug-likeness (QED) is 0.532. The molecule has 0 bridgehead atoms. The molecule has 1 aromatic heterocycles. The maximum atomic E-state index is 13.1. The number of imidazole rings is 1. The van der Waals surface area contributed by atoms with Crippen LogP contribution in [0.5, 0.6) is 11.5 Å². The van der Waals surface area contributed by atoms with Crippen LogP contribution in [0.15, 0.2) is 41.6 Å². The summed E-state index contributed by atoms with van der Waals surface area (Å²) in [6, 6.07) is 8.96. The van der Waals surface area contributed by atoms with Crippen LogP contribution in [0.25, 0.3) is 11.0 Å². The van der Waals surface area contributed by atoms with Crippen molar-refractivity contribution in [3.63, 3.8) is 0 Å². The molecular formula is C21H20F3N3O3S. The molecule has 1 N–H and O–H groups in total. The van der Waals surface area contributed by atoms with Gasteiger partial charge in [-0.2, -0.15) is 13.2 Å². The molecule has 0 atom stereocenters. The molecule has 6 nitrogen and oxygen atoms in total. The molecule has 0 saturated heterocycles. The normalized spacial score (nSPS) is 13.0. The van der Waals surface area contributed by atoms with Crippen LogP contribution >= 0.6 is 11.8 Å². The molecule has 2 aromatic carbocycles. The van der Waals surface area contributed by atoms with Gasteiger partial charge < -0.3 is 19.4 Å². The Hall–Kier alpha value is -2.88. The number of benzene rings is 2. The first kappa shape index (κ1) is 21.4. The molecule has 1 aliphatic rings. The Kier molecular flexibility index (Phi) is 5.99. The topological polar surface area (TPSA) is 65.4 Å². The number of hydrogen-bond acceptors (Lipinski definition) is 5. The number of alkyl halides is 3. The van der Waals surface area contributed by atoms with Crippen LogP contribution in [-0.4, -0.2) is 28.0 Å². The van der Waals surface area contributed by atoms with Crippen molar-refractivity contribution in [1.29, 1.82) is 0 Å². The Bertz CT molecular complexity index is 1110. The van der Waals surface area contributed by atoms with Gasteiger partial charge in [-0.1, -0.05) is 24.8 Å². The number of ether oxygens (including phenoxy) is 2. The van der Waals surface area contributed by atoms with Crippen molar-refractivity contribution >= 4 is 28.7 Å². The van der Waals surface area contributed by atoms with Gasteiger partial charge in [0.25, 0.3) is 0 Å². The van der Waals surface area contributed by atoms with Crippen LogP contribution in [0, 0.1) is 0 Å². The van der Waals surface area contributed by atoms with E-state index in [1.54, 1.807) is 10.6 Å². The first-order valence-corrected chi connectivity index (χ1v) is 10.7. The fourth-order valence-corrected chi connectivity index (χ4v) is 4.13. The lowest BCUT2D eigenvalue weighted by atomic mass is 10.2. The van der Waals surface area contributed by atoms with Crippen molar-refractivity contribution < 1.29 is 27.4 Å². The molecular weight excluding hydrogens is 431 g/mol. The number of rotatable bonds is 7. The summed E-state index contributed by atoms with van der Waals surface area (Å²) in [6.45, 7) is 2.96. The second kappa shape index (κ2) is 8.70. The summed E-state index contributed by atoms with van der Waals surface area (Å²) in [5, 5.41) is 3.36. The molecule has 1 amide bonds. The second-order valence-corrected chi connectivity index (χ2v) is 7.94. The summed E-state index contributed by atoms with van der Waals surface area (Å²) < 4.78 is 51.6. The maximum absolute atomic E-state index is 13.1. The summed E-state index contributed by atoms with van der Waals surface area (Å²) in [5.41, 5.74) is 1.06. The van der Waals surface area contributed by atoms with E-state index in [0.717, 1.165) is 24.1 Å². The van der Waals surface area contributed by atoms with Crippen molar-refractivity contribution in [2.45, 2.75) is 37.8 Å². The number of fused-ring (bicyclic) bond motifs is 2. The van der Waals surface area contributed by atoms with Crippen molar-refractivity contribution in [2.75, 3.05) is 12.5 Å². The summed E-state index contributed by atoms with van der Waals surface area (Å²) in [6.07, 6.45) is -3.69. The minimum absolute atomic E-state index is 0.101. The molecule has 0 fully saturated rings. The smallest absolute Gasteiger partial charge is 0.416 e. The maximum Gasteiger partial charge on any atom is 0.416 e. The molecule has 1 aliphatic heterocycles. The Morgan fingerprint density at radius 1 is 1.19 bits per heavy atom. The summed E-state index contributed by atoms with van der Waals surface area (Å²) in [4.78, 5) is 16.8. The SMILES string of the molecule is CCCn1c(SCC(=O)NCc2ccc3c(c2)OCO3)nc2ccc(C(F)(F)F)cc21. The van der Waals surface area contributed by atoms with Gasteiger partial charge in [-0.25, -0.2) is 4.98 Å². The second-order valence-electron chi connectivity index (χ2n) is 7.00. The molecule has 0 saturated carbocycles. The molecule has 2 heterocycles. The number of aromatic nitrogens is 2. The van der Waals surface area contributed by atoms with Crippen LogP contribution in [0.4, 0.5) is 13.2 Å². The Labute approximate surface area is 180 Å². The van der Waals surface area contributed by atoms with E-state index in [1.807, 2.05) is 19.1 Å². The van der Waals surface area contributed by atoms with Crippen LogP contribution in [0.3, 0.4) is 0 Å². The van der Waals surface area contributed by atoms with E-state index in [2.05, 4.69) is 10.3 Å². The molecule has 10 heteroatoms. The lowest BCUT2D eigenvalue weighted by Crippen LogP contribution is -2.24. The number of nitrogens with zero attached hydrogens (tertiary/aromatic N) is 2. The highest BCUT2D eigenvalue weighted by Gasteiger charge is 2.31. The van der Waals surface area contributed by atoms with E-state index in [0.29, 0.717) is 40.8 Å². The van der Waals surface area contributed by atoms with E-state index in [1.165, 1.54) is 17.8 Å². The Morgan fingerprint density at radius 2 is 2.00 bits per heavy atom. The zero-order chi connectivity index (χ0) is 22.0. The lowest BCUT2D eigenvalue weighted by molar-refractivity contribution is -0.137. The zero-order valence-corrected chi connectivity index (χ0v) is 17.5. The minimum Gasteiger partial charge on any atom is -0.454 e. The average molecular weight is 451 g/mol. The van der Waals surface area contributed by atoms with Crippen LogP contribution < -0.4 is 14.8 Å². The standard InChI is InChI=1S/C21H20F3N3O3S/c1-2-7-27-16-9-14(21(22,23)24)4-5-15(16)26-20(27)31-11-19(28)25-10-13-3-6-17-18(8-13)30-12-29-17/h3-6,8-9H,2,7,10-12H2,1H3,(H,25,28). The fourth-order valence-electron chi connectivity index (χ4n) is 3.26. The lowest BCUT2D eigenvalue weighted by Gasteiger charge is -2.10. The van der Waals surface area contributed by atoms with Crippen molar-refractivity contribution in [3.8, 4) is 11.5 Å². The van der Waals surface area contributed by atoms with E-state index in [9.17, 15) is 18.0 Å². The van der Waals surface area contributed by atoms with E-state index in [-0.39, 0.29) is 18.5 Å². The Balaban J connectivity index is 1.42. The van der Waals surface area contributed by atoms with Gasteiger partial charge in [0.1, 0.15) is 0 Å². The molecule has 0 radical (unpaired) electrons. The minimum atomic E-state index is -4.42. The summed E-state index contributed by atoms with van der Waals surface area (Å²) in [5.74, 6) is 1.22. The van der Waals surface area contributed by atoms with E-state index >= 15 is 0 Å². The number of nitrogens with one attached hydrogen (secondary N) is 1. The predicted octanol–water partition coefficient (Wildman–Crippen LogP) is 4.60. The largest absolute Gasteiger partial charge is 0.454 e. The van der Waals surface area contributed by atoms with E-state index in [4.69, 9.17) is 9.47 Å². The molecule has 164 valence electrons. The van der Waals surface area contributed by atoms with Crippen LogP contribution in [-0.2, 0) is 24.1 Å². The summed E-state index contributed by atoms with van der Waals surface area (Å²) >= 11 is 1.20. The van der Waals surface area contributed by atoms with Gasteiger partial charge in [0.15, 0.2) is 16.7 Å². The average Bonchev–Trinajstić information content (AvgIpc) is 3.34. The van der Waals surface area contributed by atoms with Gasteiger partial charge >= 0.3 is 6.18 Å². The van der Waals surface area contributed by atoms with Crippen LogP contribution in [0.1, 0.15) is 24.5 Å². The van der Waals surface area contributed by atoms with Gasteiger partial charge in [0, 0.05) is 13.1 Å². The third kappa shape index (κ3) is 4.73. The molecule has 0 unspecified atom stereocenters. The molecule has 4 rings (SSSR count). The number of thioether (sulfide) groups is 1. The van der Waals surface area contributed by atoms with Crippen molar-refractivity contribution in [2.24, 2.45) is 0 Å². The van der Waals surface area contributed by atoms with Crippen molar-refractivity contribution in [1.82, 2.24) is 14.9 Å². The van der Waals surface area contributed by atoms with Gasteiger partial charge in [-0.05, 0) is 42.3 Å². The van der Waals surface area contributed by atoms with Crippen LogP contribution in [0.2, 0.25) is 0 Å². The van der Waals surface area contributed by atoms with Gasteiger partial charge in [0.05, 0.1) is 22.3 Å². The number of carbonyl (C=O) groups excluding carboxylic acids is 1. The predicted molar refractivity (Wildman–Crippen MR) is 110 cm³/mol. The van der Waals surface area contributed by atoms with Gasteiger partial charge in [-0.15, -0.1) is 0 Å². The first-order valence-electron chi connectivity index (χ1n) is 9.70. The zero-order valence-electron chi connectivity index (χ0n) is 16.7. The molecule has 31 heavy (non-hydrogen) atoms. The molecule has 0 spiro atoms. The third-order valence-corrected chi connectivity index (χ3v) is 5.72. The Morgan fingerprint density at radius 3 is 2.77 bits per heavy atom. The van der Waals surface area contributed by atoms with Crippen molar-refractivity contribution in [3.05, 3.63) is 47.5 Å². The number of hydrogen-bond donors (Lipinski definition) is 1. The number of aryl methyl sites for hydroxylation is 1. The third-order valence-electron chi connectivity index (χ3n) is 4.75. The molecule has 3 aromatic rings. The molecule has 0 aliphatic carbocycles. The van der Waals surface area contributed by atoms with Gasteiger partial charge in [0.2, 0.25) is 12.7 Å². The highest BCUT2D eigenvalue weighted by molar-refractivity contribution is 7.99. The number of amides is 1. The van der Waals surface area contributed by atoms with Gasteiger partial charge in [-0.3, -0.25) is 4.79 Å². The highest BCUT2D eigenvalue weighted by atomic mass is 32.2. The first-order chi connectivity index (χ1) is 14.8. The fraction of sp³-hybridized carbons (Fsp3) is 0.333. The highest BCUT2D eigenvalue weighted by Crippen LogP contribution is 2.34. The number of carbonyl (C=O) groups is 1. The monoisotopic (exact) mass is 451 g/mol. The van der Waals surface area contributed by atoms with E-state index < -0.39 is 11.7 Å². The number of halogens is 3.